The minimum absolute atomic E-state index is 0.271. The maximum absolute atomic E-state index is 13.4. The van der Waals surface area contributed by atoms with Crippen molar-refractivity contribution in [3.05, 3.63) is 28.8 Å². The Morgan fingerprint density at radius 2 is 2.00 bits per heavy atom. The van der Waals surface area contributed by atoms with Gasteiger partial charge >= 0.3 is 6.03 Å². The van der Waals surface area contributed by atoms with Gasteiger partial charge in [-0.1, -0.05) is 11.6 Å². The zero-order valence-electron chi connectivity index (χ0n) is 13.1. The van der Waals surface area contributed by atoms with Crippen LogP contribution in [-0.2, 0) is 0 Å². The van der Waals surface area contributed by atoms with E-state index in [2.05, 4.69) is 5.32 Å². The number of hydrogen-bond donors (Lipinski definition) is 1. The first kappa shape index (κ1) is 17.5. The van der Waals surface area contributed by atoms with Gasteiger partial charge in [0.15, 0.2) is 0 Å². The van der Waals surface area contributed by atoms with E-state index < -0.39 is 24.5 Å². The van der Waals surface area contributed by atoms with Gasteiger partial charge in [-0.05, 0) is 25.1 Å². The highest BCUT2D eigenvalue weighted by atomic mass is 35.5. The predicted molar refractivity (Wildman–Crippen MR) is 84.2 cm³/mol. The largest absolute Gasteiger partial charge is 0.345 e. The van der Waals surface area contributed by atoms with Gasteiger partial charge in [-0.2, -0.15) is 0 Å². The van der Waals surface area contributed by atoms with E-state index in [1.54, 1.807) is 21.0 Å². The van der Waals surface area contributed by atoms with E-state index in [1.807, 2.05) is 0 Å². The number of likely N-dealkylation sites (tertiary alicyclic amines) is 1. The standard InChI is InChI=1S/C15H18ClF2N3O2/c1-9-7-15(17,18)8-21(9)14(23)19-12-5-10(4-11(16)6-12)13(22)20(2)3/h4-6,9H,7-8H2,1-3H3,(H,19,23). The van der Waals surface area contributed by atoms with Crippen LogP contribution in [-0.4, -0.2) is 54.3 Å². The third kappa shape index (κ3) is 4.10. The number of alkyl halides is 2. The van der Waals surface area contributed by atoms with Crippen LogP contribution in [0, 0.1) is 0 Å². The van der Waals surface area contributed by atoms with Crippen LogP contribution >= 0.6 is 11.6 Å². The van der Waals surface area contributed by atoms with Crippen molar-refractivity contribution in [3.8, 4) is 0 Å². The van der Waals surface area contributed by atoms with Gasteiger partial charge in [0, 0.05) is 42.8 Å². The average Bonchev–Trinajstić information content (AvgIpc) is 2.70. The molecule has 1 aromatic rings. The number of amides is 3. The van der Waals surface area contributed by atoms with Crippen LogP contribution in [0.5, 0.6) is 0 Å². The first-order valence-electron chi connectivity index (χ1n) is 7.07. The van der Waals surface area contributed by atoms with Crippen molar-refractivity contribution in [3.63, 3.8) is 0 Å². The Balaban J connectivity index is 2.17. The van der Waals surface area contributed by atoms with Crippen molar-refractivity contribution in [1.82, 2.24) is 9.80 Å². The summed E-state index contributed by atoms with van der Waals surface area (Å²) in [5.41, 5.74) is 0.590. The van der Waals surface area contributed by atoms with Crippen molar-refractivity contribution in [1.29, 1.82) is 0 Å². The average molecular weight is 346 g/mol. The first-order valence-corrected chi connectivity index (χ1v) is 7.44. The summed E-state index contributed by atoms with van der Waals surface area (Å²) in [7, 11) is 3.19. The van der Waals surface area contributed by atoms with Crippen LogP contribution in [0.15, 0.2) is 18.2 Å². The number of carbonyl (C=O) groups is 2. The van der Waals surface area contributed by atoms with Gasteiger partial charge in [-0.25, -0.2) is 13.6 Å². The summed E-state index contributed by atoms with van der Waals surface area (Å²) < 4.78 is 26.7. The molecule has 23 heavy (non-hydrogen) atoms. The number of hydrogen-bond acceptors (Lipinski definition) is 2. The number of halogens is 3. The molecule has 2 rings (SSSR count). The molecule has 1 fully saturated rings. The van der Waals surface area contributed by atoms with Gasteiger partial charge in [-0.15, -0.1) is 0 Å². The monoisotopic (exact) mass is 345 g/mol. The Bertz CT molecular complexity index is 637. The predicted octanol–water partition coefficient (Wildman–Crippen LogP) is 3.30. The fraction of sp³-hybridized carbons (Fsp3) is 0.467. The normalized spacial score (nSPS) is 19.6. The summed E-state index contributed by atoms with van der Waals surface area (Å²) in [6.07, 6.45) is -0.361. The number of rotatable bonds is 2. The molecule has 0 radical (unpaired) electrons. The van der Waals surface area contributed by atoms with E-state index in [4.69, 9.17) is 11.6 Å². The van der Waals surface area contributed by atoms with Gasteiger partial charge in [0.05, 0.1) is 6.54 Å². The Kier molecular flexibility index (Phi) is 4.79. The van der Waals surface area contributed by atoms with E-state index in [9.17, 15) is 18.4 Å². The zero-order chi connectivity index (χ0) is 17.4. The molecule has 1 unspecified atom stereocenters. The van der Waals surface area contributed by atoms with E-state index >= 15 is 0 Å². The van der Waals surface area contributed by atoms with Crippen LogP contribution in [0.1, 0.15) is 23.7 Å². The van der Waals surface area contributed by atoms with Crippen LogP contribution < -0.4 is 5.32 Å². The molecule has 126 valence electrons. The molecule has 1 aliphatic heterocycles. The minimum atomic E-state index is -2.88. The second-order valence-electron chi connectivity index (χ2n) is 5.90. The third-order valence-electron chi connectivity index (χ3n) is 3.59. The van der Waals surface area contributed by atoms with Crippen molar-refractivity contribution < 1.29 is 18.4 Å². The molecule has 5 nitrogen and oxygen atoms in total. The maximum Gasteiger partial charge on any atom is 0.322 e. The number of nitrogens with one attached hydrogen (secondary N) is 1. The van der Waals surface area contributed by atoms with Gasteiger partial charge in [0.1, 0.15) is 0 Å². The SMILES string of the molecule is CC1CC(F)(F)CN1C(=O)Nc1cc(Cl)cc(C(=O)N(C)C)c1. The molecule has 8 heteroatoms. The topological polar surface area (TPSA) is 52.7 Å². The Morgan fingerprint density at radius 1 is 1.35 bits per heavy atom. The molecule has 1 N–H and O–H groups in total. The molecule has 1 saturated heterocycles. The summed E-state index contributed by atoms with van der Waals surface area (Å²) in [5, 5.41) is 2.80. The molecule has 0 spiro atoms. The quantitative estimate of drug-likeness (QED) is 0.894. The number of anilines is 1. The van der Waals surface area contributed by atoms with E-state index in [0.29, 0.717) is 5.56 Å². The Labute approximate surface area is 138 Å². The van der Waals surface area contributed by atoms with Crippen molar-refractivity contribution in [2.45, 2.75) is 25.3 Å². The molecule has 1 heterocycles. The lowest BCUT2D eigenvalue weighted by Crippen LogP contribution is -2.38. The lowest BCUT2D eigenvalue weighted by Gasteiger charge is -2.21. The smallest absolute Gasteiger partial charge is 0.322 e. The first-order chi connectivity index (χ1) is 10.6. The Hall–Kier alpha value is -1.89. The van der Waals surface area contributed by atoms with Crippen LogP contribution in [0.25, 0.3) is 0 Å². The van der Waals surface area contributed by atoms with Crippen molar-refractivity contribution in [2.24, 2.45) is 0 Å². The lowest BCUT2D eigenvalue weighted by atomic mass is 10.2. The van der Waals surface area contributed by atoms with E-state index in [0.717, 1.165) is 4.90 Å². The van der Waals surface area contributed by atoms with Gasteiger partial charge in [-0.3, -0.25) is 4.79 Å². The number of nitrogens with zero attached hydrogens (tertiary/aromatic N) is 2. The molecule has 0 aromatic heterocycles. The van der Waals surface area contributed by atoms with Gasteiger partial charge in [0.2, 0.25) is 0 Å². The summed E-state index contributed by atoms with van der Waals surface area (Å²) in [4.78, 5) is 26.6. The molecular formula is C15H18ClF2N3O2. The van der Waals surface area contributed by atoms with E-state index in [1.165, 1.54) is 23.1 Å². The highest BCUT2D eigenvalue weighted by molar-refractivity contribution is 6.31. The summed E-state index contributed by atoms with van der Waals surface area (Å²) in [5.74, 6) is -3.15. The molecule has 3 amide bonds. The second kappa shape index (κ2) is 6.31. The van der Waals surface area contributed by atoms with Crippen LogP contribution in [0.4, 0.5) is 19.3 Å². The number of urea groups is 1. The second-order valence-corrected chi connectivity index (χ2v) is 6.33. The van der Waals surface area contributed by atoms with Crippen molar-refractivity contribution in [2.75, 3.05) is 26.0 Å². The third-order valence-corrected chi connectivity index (χ3v) is 3.81. The molecule has 0 saturated carbocycles. The van der Waals surface area contributed by atoms with Crippen molar-refractivity contribution >= 4 is 29.2 Å². The highest BCUT2D eigenvalue weighted by Crippen LogP contribution is 2.32. The molecule has 1 aliphatic rings. The molecule has 0 aliphatic carbocycles. The molecule has 1 atom stereocenters. The van der Waals surface area contributed by atoms with E-state index in [-0.39, 0.29) is 23.0 Å². The van der Waals surface area contributed by atoms with Crippen LogP contribution in [0.2, 0.25) is 5.02 Å². The molecule has 0 bridgehead atoms. The fourth-order valence-electron chi connectivity index (χ4n) is 2.52. The number of benzene rings is 1. The van der Waals surface area contributed by atoms with Gasteiger partial charge < -0.3 is 15.1 Å². The summed E-state index contributed by atoms with van der Waals surface area (Å²) >= 11 is 5.96. The Morgan fingerprint density at radius 3 is 2.52 bits per heavy atom. The fourth-order valence-corrected chi connectivity index (χ4v) is 2.76. The highest BCUT2D eigenvalue weighted by Gasteiger charge is 2.45. The zero-order valence-corrected chi connectivity index (χ0v) is 13.8. The van der Waals surface area contributed by atoms with Crippen LogP contribution in [0.3, 0.4) is 0 Å². The molecule has 1 aromatic carbocycles. The lowest BCUT2D eigenvalue weighted by molar-refractivity contribution is 0.0153. The summed E-state index contributed by atoms with van der Waals surface area (Å²) in [6.45, 7) is 0.948. The summed E-state index contributed by atoms with van der Waals surface area (Å²) in [6, 6.07) is 3.20. The van der Waals surface area contributed by atoms with Gasteiger partial charge in [0.25, 0.3) is 11.8 Å². The minimum Gasteiger partial charge on any atom is -0.345 e. The number of carbonyl (C=O) groups excluding carboxylic acids is 2. The molecular weight excluding hydrogens is 328 g/mol. The maximum atomic E-state index is 13.4.